The normalized spacial score (nSPS) is 25.4. The Hall–Kier alpha value is -1.35. The van der Waals surface area contributed by atoms with Crippen LogP contribution in [0.15, 0.2) is 30.3 Å². The SMILES string of the molecule is C[C@H](NC(=O)C1CCCCC1N)c1ccccc1. The number of benzene rings is 1. The number of carbonyl (C=O) groups excluding carboxylic acids is 1. The van der Waals surface area contributed by atoms with Crippen molar-refractivity contribution in [2.75, 3.05) is 0 Å². The molecule has 1 fully saturated rings. The second-order valence-corrected chi connectivity index (χ2v) is 5.20. The van der Waals surface area contributed by atoms with Crippen molar-refractivity contribution < 1.29 is 4.79 Å². The molecule has 1 aromatic rings. The lowest BCUT2D eigenvalue weighted by Crippen LogP contribution is -2.44. The molecular weight excluding hydrogens is 224 g/mol. The predicted octanol–water partition coefficient (Wildman–Crippen LogP) is 2.38. The Morgan fingerprint density at radius 3 is 2.61 bits per heavy atom. The highest BCUT2D eigenvalue weighted by atomic mass is 16.2. The largest absolute Gasteiger partial charge is 0.349 e. The van der Waals surface area contributed by atoms with Gasteiger partial charge in [0.1, 0.15) is 0 Å². The molecule has 0 radical (unpaired) electrons. The van der Waals surface area contributed by atoms with Crippen LogP contribution >= 0.6 is 0 Å². The van der Waals surface area contributed by atoms with Crippen LogP contribution in [0.2, 0.25) is 0 Å². The molecule has 2 rings (SSSR count). The minimum atomic E-state index is -0.00934. The molecular formula is C15H22N2O. The van der Waals surface area contributed by atoms with Crippen LogP contribution in [0.5, 0.6) is 0 Å². The Labute approximate surface area is 109 Å². The van der Waals surface area contributed by atoms with Gasteiger partial charge in [-0.25, -0.2) is 0 Å². The average molecular weight is 246 g/mol. The maximum absolute atomic E-state index is 12.2. The monoisotopic (exact) mass is 246 g/mol. The summed E-state index contributed by atoms with van der Waals surface area (Å²) in [6.07, 6.45) is 4.16. The summed E-state index contributed by atoms with van der Waals surface area (Å²) in [7, 11) is 0. The summed E-state index contributed by atoms with van der Waals surface area (Å²) in [5.74, 6) is 0.100. The van der Waals surface area contributed by atoms with Crippen molar-refractivity contribution in [3.05, 3.63) is 35.9 Å². The minimum absolute atomic E-state index is 0.00934. The molecule has 1 aromatic carbocycles. The highest BCUT2D eigenvalue weighted by Gasteiger charge is 2.28. The molecule has 0 aromatic heterocycles. The zero-order valence-electron chi connectivity index (χ0n) is 10.9. The average Bonchev–Trinajstić information content (AvgIpc) is 2.40. The van der Waals surface area contributed by atoms with Gasteiger partial charge in [-0.1, -0.05) is 43.2 Å². The number of nitrogens with two attached hydrogens (primary N) is 1. The van der Waals surface area contributed by atoms with Crippen molar-refractivity contribution in [1.29, 1.82) is 0 Å². The van der Waals surface area contributed by atoms with Crippen LogP contribution in [0.3, 0.4) is 0 Å². The van der Waals surface area contributed by atoms with Crippen molar-refractivity contribution in [2.45, 2.75) is 44.7 Å². The molecule has 1 aliphatic rings. The van der Waals surface area contributed by atoms with E-state index in [1.165, 1.54) is 0 Å². The molecule has 98 valence electrons. The summed E-state index contributed by atoms with van der Waals surface area (Å²) in [6, 6.07) is 10.1. The smallest absolute Gasteiger partial charge is 0.225 e. The second-order valence-electron chi connectivity index (χ2n) is 5.20. The highest BCUT2D eigenvalue weighted by molar-refractivity contribution is 5.79. The van der Waals surface area contributed by atoms with Crippen molar-refractivity contribution in [3.8, 4) is 0 Å². The lowest BCUT2D eigenvalue weighted by Gasteiger charge is -2.28. The van der Waals surface area contributed by atoms with Gasteiger partial charge in [-0.15, -0.1) is 0 Å². The van der Waals surface area contributed by atoms with Gasteiger partial charge in [0.25, 0.3) is 0 Å². The fraction of sp³-hybridized carbons (Fsp3) is 0.533. The van der Waals surface area contributed by atoms with E-state index in [1.54, 1.807) is 0 Å². The molecule has 0 aliphatic heterocycles. The number of carbonyl (C=O) groups is 1. The van der Waals surface area contributed by atoms with Gasteiger partial charge in [-0.2, -0.15) is 0 Å². The summed E-state index contributed by atoms with van der Waals surface area (Å²) in [4.78, 5) is 12.2. The molecule has 1 saturated carbocycles. The van der Waals surface area contributed by atoms with Crippen molar-refractivity contribution in [3.63, 3.8) is 0 Å². The minimum Gasteiger partial charge on any atom is -0.349 e. The molecule has 2 unspecified atom stereocenters. The summed E-state index contributed by atoms with van der Waals surface area (Å²) < 4.78 is 0. The first-order valence-electron chi connectivity index (χ1n) is 6.79. The standard InChI is InChI=1S/C15H22N2O/c1-11(12-7-3-2-4-8-12)17-15(18)13-9-5-6-10-14(13)16/h2-4,7-8,11,13-14H,5-6,9-10,16H2,1H3,(H,17,18)/t11-,13?,14?/m0/s1. The van der Waals surface area contributed by atoms with Crippen LogP contribution in [0, 0.1) is 5.92 Å². The first kappa shape index (κ1) is 13.1. The predicted molar refractivity (Wildman–Crippen MR) is 72.9 cm³/mol. The molecule has 3 heteroatoms. The third-order valence-electron chi connectivity index (χ3n) is 3.81. The number of hydrogen-bond donors (Lipinski definition) is 2. The molecule has 1 amide bonds. The van der Waals surface area contributed by atoms with E-state index in [1.807, 2.05) is 37.3 Å². The summed E-state index contributed by atoms with van der Waals surface area (Å²) in [6.45, 7) is 2.02. The van der Waals surface area contributed by atoms with E-state index in [-0.39, 0.29) is 23.9 Å². The number of rotatable bonds is 3. The number of hydrogen-bond acceptors (Lipinski definition) is 2. The maximum atomic E-state index is 12.2. The fourth-order valence-electron chi connectivity index (χ4n) is 2.63. The van der Waals surface area contributed by atoms with Gasteiger partial charge < -0.3 is 11.1 Å². The Morgan fingerprint density at radius 1 is 1.28 bits per heavy atom. The second kappa shape index (κ2) is 6.01. The first-order valence-corrected chi connectivity index (χ1v) is 6.79. The Balaban J connectivity index is 1.94. The van der Waals surface area contributed by atoms with Gasteiger partial charge in [0.2, 0.25) is 5.91 Å². The molecule has 0 bridgehead atoms. The maximum Gasteiger partial charge on any atom is 0.225 e. The van der Waals surface area contributed by atoms with E-state index in [0.29, 0.717) is 0 Å². The van der Waals surface area contributed by atoms with Gasteiger partial charge in [0, 0.05) is 6.04 Å². The zero-order chi connectivity index (χ0) is 13.0. The van der Waals surface area contributed by atoms with Crippen LogP contribution in [0.1, 0.15) is 44.2 Å². The van der Waals surface area contributed by atoms with E-state index in [2.05, 4.69) is 5.32 Å². The fourth-order valence-corrected chi connectivity index (χ4v) is 2.63. The quantitative estimate of drug-likeness (QED) is 0.860. The molecule has 0 heterocycles. The number of amides is 1. The van der Waals surface area contributed by atoms with Crippen LogP contribution in [0.25, 0.3) is 0 Å². The summed E-state index contributed by atoms with van der Waals surface area (Å²) in [5, 5.41) is 3.08. The van der Waals surface area contributed by atoms with Gasteiger partial charge in [-0.3, -0.25) is 4.79 Å². The topological polar surface area (TPSA) is 55.1 Å². The lowest BCUT2D eigenvalue weighted by molar-refractivity contribution is -0.127. The van der Waals surface area contributed by atoms with E-state index in [9.17, 15) is 4.79 Å². The van der Waals surface area contributed by atoms with E-state index >= 15 is 0 Å². The van der Waals surface area contributed by atoms with Gasteiger partial charge in [0.05, 0.1) is 12.0 Å². The molecule has 0 saturated heterocycles. The first-order chi connectivity index (χ1) is 8.68. The third-order valence-corrected chi connectivity index (χ3v) is 3.81. The Kier molecular flexibility index (Phi) is 4.37. The molecule has 3 N–H and O–H groups in total. The zero-order valence-corrected chi connectivity index (χ0v) is 10.9. The van der Waals surface area contributed by atoms with E-state index in [0.717, 1.165) is 31.2 Å². The van der Waals surface area contributed by atoms with Crippen molar-refractivity contribution in [1.82, 2.24) is 5.32 Å². The number of nitrogens with one attached hydrogen (secondary N) is 1. The summed E-state index contributed by atoms with van der Waals surface area (Å²) in [5.41, 5.74) is 7.17. The lowest BCUT2D eigenvalue weighted by atomic mass is 9.84. The Morgan fingerprint density at radius 2 is 1.94 bits per heavy atom. The molecule has 3 nitrogen and oxygen atoms in total. The Bertz CT molecular complexity index is 391. The van der Waals surface area contributed by atoms with Crippen LogP contribution < -0.4 is 11.1 Å². The van der Waals surface area contributed by atoms with Gasteiger partial charge >= 0.3 is 0 Å². The van der Waals surface area contributed by atoms with Crippen LogP contribution in [0.4, 0.5) is 0 Å². The van der Waals surface area contributed by atoms with Gasteiger partial charge in [0.15, 0.2) is 0 Å². The van der Waals surface area contributed by atoms with Crippen LogP contribution in [-0.4, -0.2) is 11.9 Å². The van der Waals surface area contributed by atoms with Crippen molar-refractivity contribution in [2.24, 2.45) is 11.7 Å². The van der Waals surface area contributed by atoms with Crippen molar-refractivity contribution >= 4 is 5.91 Å². The third kappa shape index (κ3) is 3.10. The van der Waals surface area contributed by atoms with E-state index in [4.69, 9.17) is 5.73 Å². The van der Waals surface area contributed by atoms with Gasteiger partial charge in [-0.05, 0) is 25.3 Å². The molecule has 3 atom stereocenters. The summed E-state index contributed by atoms with van der Waals surface area (Å²) >= 11 is 0. The van der Waals surface area contributed by atoms with E-state index < -0.39 is 0 Å². The molecule has 1 aliphatic carbocycles. The molecule has 18 heavy (non-hydrogen) atoms. The molecule has 0 spiro atoms. The van der Waals surface area contributed by atoms with Crippen LogP contribution in [-0.2, 0) is 4.79 Å². The highest BCUT2D eigenvalue weighted by Crippen LogP contribution is 2.24.